The molecule has 0 N–H and O–H groups in total. The minimum atomic E-state index is -0.140. The van der Waals surface area contributed by atoms with Gasteiger partial charge in [-0.1, -0.05) is 43.2 Å². The molecule has 1 aliphatic carbocycles. The summed E-state index contributed by atoms with van der Waals surface area (Å²) >= 11 is 1.26. The smallest absolute Gasteiger partial charge is 0.283 e. The molecule has 0 unspecified atom stereocenters. The van der Waals surface area contributed by atoms with Crippen LogP contribution in [0.25, 0.3) is 11.0 Å². The fourth-order valence-corrected chi connectivity index (χ4v) is 5.22. The molecule has 2 aliphatic rings. The quantitative estimate of drug-likeness (QED) is 0.738. The van der Waals surface area contributed by atoms with Crippen LogP contribution in [0.5, 0.6) is 0 Å². The Hall–Kier alpha value is -1.86. The predicted molar refractivity (Wildman–Crippen MR) is 113 cm³/mol. The number of rotatable bonds is 4. The minimum absolute atomic E-state index is 0.102. The number of amides is 1. The van der Waals surface area contributed by atoms with Gasteiger partial charge in [0.2, 0.25) is 5.91 Å². The summed E-state index contributed by atoms with van der Waals surface area (Å²) in [7, 11) is 1.75. The molecule has 7 heteroatoms. The minimum Gasteiger partial charge on any atom is -0.339 e. The zero-order valence-corrected chi connectivity index (χ0v) is 17.3. The maximum Gasteiger partial charge on any atom is 0.283 e. The van der Waals surface area contributed by atoms with Gasteiger partial charge < -0.3 is 9.47 Å². The topological polar surface area (TPSA) is 58.4 Å². The standard InChI is InChI=1S/C21H28N4O2S/c1-23-18-10-6-5-9-17(18)22-20(21(23)27)28-15-19(26)25-13-11-24(12-14-25)16-7-3-2-4-8-16/h5-6,9-10,16H,2-4,7-8,11-15H2,1H3. The van der Waals surface area contributed by atoms with Crippen molar-refractivity contribution >= 4 is 28.7 Å². The van der Waals surface area contributed by atoms with Crippen molar-refractivity contribution in [3.8, 4) is 0 Å². The van der Waals surface area contributed by atoms with E-state index < -0.39 is 0 Å². The Labute approximate surface area is 169 Å². The molecule has 2 fully saturated rings. The summed E-state index contributed by atoms with van der Waals surface area (Å²) in [5.74, 6) is 0.370. The summed E-state index contributed by atoms with van der Waals surface area (Å²) in [5.41, 5.74) is 1.45. The lowest BCUT2D eigenvalue weighted by Gasteiger charge is -2.40. The van der Waals surface area contributed by atoms with Crippen molar-refractivity contribution in [1.82, 2.24) is 19.4 Å². The highest BCUT2D eigenvalue weighted by Gasteiger charge is 2.27. The summed E-state index contributed by atoms with van der Waals surface area (Å²) in [5, 5.41) is 0.399. The molecule has 1 aromatic heterocycles. The van der Waals surface area contributed by atoms with Gasteiger partial charge >= 0.3 is 0 Å². The van der Waals surface area contributed by atoms with Crippen LogP contribution in [0, 0.1) is 0 Å². The van der Waals surface area contributed by atoms with E-state index >= 15 is 0 Å². The predicted octanol–water partition coefficient (Wildman–Crippen LogP) is 2.50. The van der Waals surface area contributed by atoms with E-state index in [4.69, 9.17) is 0 Å². The van der Waals surface area contributed by atoms with Crippen LogP contribution in [0.15, 0.2) is 34.1 Å². The summed E-state index contributed by atoms with van der Waals surface area (Å²) < 4.78 is 1.61. The first kappa shape index (κ1) is 19.5. The van der Waals surface area contributed by atoms with Crippen molar-refractivity contribution in [3.63, 3.8) is 0 Å². The second-order valence-electron chi connectivity index (χ2n) is 7.77. The normalized spacial score (nSPS) is 19.2. The molecule has 1 saturated heterocycles. The molecular weight excluding hydrogens is 372 g/mol. The van der Waals surface area contributed by atoms with E-state index in [2.05, 4.69) is 9.88 Å². The van der Waals surface area contributed by atoms with E-state index in [1.165, 1.54) is 43.9 Å². The molecule has 150 valence electrons. The van der Waals surface area contributed by atoms with Gasteiger partial charge in [-0.15, -0.1) is 0 Å². The van der Waals surface area contributed by atoms with Crippen LogP contribution < -0.4 is 5.56 Å². The molecule has 2 aromatic rings. The van der Waals surface area contributed by atoms with E-state index in [-0.39, 0.29) is 17.2 Å². The van der Waals surface area contributed by atoms with E-state index in [0.29, 0.717) is 11.1 Å². The second-order valence-corrected chi connectivity index (χ2v) is 8.73. The molecule has 4 rings (SSSR count). The maximum atomic E-state index is 12.7. The molecule has 1 saturated carbocycles. The van der Waals surface area contributed by atoms with Gasteiger partial charge in [-0.2, -0.15) is 0 Å². The fourth-order valence-electron chi connectivity index (χ4n) is 4.35. The molecule has 0 spiro atoms. The Morgan fingerprint density at radius 1 is 1.11 bits per heavy atom. The van der Waals surface area contributed by atoms with Crippen molar-refractivity contribution in [1.29, 1.82) is 0 Å². The molecule has 0 bridgehead atoms. The highest BCUT2D eigenvalue weighted by Crippen LogP contribution is 2.24. The Morgan fingerprint density at radius 3 is 2.57 bits per heavy atom. The molecular formula is C21H28N4O2S. The van der Waals surface area contributed by atoms with Crippen LogP contribution in [0.1, 0.15) is 32.1 Å². The number of fused-ring (bicyclic) bond motifs is 1. The first-order valence-electron chi connectivity index (χ1n) is 10.2. The molecule has 0 radical (unpaired) electrons. The number of aromatic nitrogens is 2. The third kappa shape index (κ3) is 4.10. The summed E-state index contributed by atoms with van der Waals surface area (Å²) in [6, 6.07) is 8.29. The van der Waals surface area contributed by atoms with Crippen LogP contribution in [-0.4, -0.2) is 63.2 Å². The highest BCUT2D eigenvalue weighted by atomic mass is 32.2. The first-order chi connectivity index (χ1) is 13.6. The lowest BCUT2D eigenvalue weighted by molar-refractivity contribution is -0.130. The fraction of sp³-hybridized carbons (Fsp3) is 0.571. The van der Waals surface area contributed by atoms with Crippen molar-refractivity contribution in [2.45, 2.75) is 43.2 Å². The molecule has 2 heterocycles. The molecule has 1 amide bonds. The first-order valence-corrected chi connectivity index (χ1v) is 11.2. The summed E-state index contributed by atoms with van der Waals surface area (Å²) in [4.78, 5) is 34.2. The number of benzene rings is 1. The highest BCUT2D eigenvalue weighted by molar-refractivity contribution is 7.99. The number of carbonyl (C=O) groups is 1. The van der Waals surface area contributed by atoms with Gasteiger partial charge in [0.05, 0.1) is 16.8 Å². The number of piperazine rings is 1. The molecule has 28 heavy (non-hydrogen) atoms. The van der Waals surface area contributed by atoms with E-state index in [9.17, 15) is 9.59 Å². The lowest BCUT2D eigenvalue weighted by Crippen LogP contribution is -2.52. The number of hydrogen-bond donors (Lipinski definition) is 0. The maximum absolute atomic E-state index is 12.7. The zero-order valence-electron chi connectivity index (χ0n) is 16.5. The summed E-state index contributed by atoms with van der Waals surface area (Å²) in [6.45, 7) is 3.52. The van der Waals surface area contributed by atoms with Gasteiger partial charge in [0, 0.05) is 39.3 Å². The molecule has 0 atom stereocenters. The van der Waals surface area contributed by atoms with Crippen molar-refractivity contribution < 1.29 is 4.79 Å². The van der Waals surface area contributed by atoms with Crippen LogP contribution >= 0.6 is 11.8 Å². The van der Waals surface area contributed by atoms with Crippen molar-refractivity contribution in [2.75, 3.05) is 31.9 Å². The Morgan fingerprint density at radius 2 is 1.82 bits per heavy atom. The van der Waals surface area contributed by atoms with Gasteiger partial charge in [-0.3, -0.25) is 14.5 Å². The monoisotopic (exact) mass is 400 g/mol. The van der Waals surface area contributed by atoms with Crippen LogP contribution in [0.4, 0.5) is 0 Å². The van der Waals surface area contributed by atoms with E-state index in [0.717, 1.165) is 37.2 Å². The molecule has 1 aromatic carbocycles. The Balaban J connectivity index is 1.34. The number of carbonyl (C=O) groups excluding carboxylic acids is 1. The van der Waals surface area contributed by atoms with Crippen LogP contribution in [-0.2, 0) is 11.8 Å². The van der Waals surface area contributed by atoms with Crippen LogP contribution in [0.3, 0.4) is 0 Å². The van der Waals surface area contributed by atoms with E-state index in [1.54, 1.807) is 11.6 Å². The summed E-state index contributed by atoms with van der Waals surface area (Å²) in [6.07, 6.45) is 6.66. The Bertz CT molecular complexity index is 899. The van der Waals surface area contributed by atoms with Crippen molar-refractivity contribution in [3.05, 3.63) is 34.6 Å². The van der Waals surface area contributed by atoms with Gasteiger partial charge in [-0.25, -0.2) is 4.98 Å². The molecule has 6 nitrogen and oxygen atoms in total. The number of thioether (sulfide) groups is 1. The third-order valence-corrected chi connectivity index (χ3v) is 6.97. The van der Waals surface area contributed by atoms with Gasteiger partial charge in [0.1, 0.15) is 0 Å². The number of hydrogen-bond acceptors (Lipinski definition) is 5. The average Bonchev–Trinajstić information content (AvgIpc) is 2.76. The largest absolute Gasteiger partial charge is 0.339 e. The number of aryl methyl sites for hydroxylation is 1. The van der Waals surface area contributed by atoms with E-state index in [1.807, 2.05) is 29.2 Å². The van der Waals surface area contributed by atoms with Gasteiger partial charge in [0.15, 0.2) is 5.03 Å². The average molecular weight is 401 g/mol. The van der Waals surface area contributed by atoms with Gasteiger partial charge in [-0.05, 0) is 25.0 Å². The van der Waals surface area contributed by atoms with Crippen LogP contribution in [0.2, 0.25) is 0 Å². The number of nitrogens with zero attached hydrogens (tertiary/aromatic N) is 4. The lowest BCUT2D eigenvalue weighted by atomic mass is 9.94. The zero-order chi connectivity index (χ0) is 19.5. The number of para-hydroxylation sites is 2. The third-order valence-electron chi connectivity index (χ3n) is 6.04. The Kier molecular flexibility index (Phi) is 6.01. The SMILES string of the molecule is Cn1c(=O)c(SCC(=O)N2CCN(C3CCCCC3)CC2)nc2ccccc21. The van der Waals surface area contributed by atoms with Crippen molar-refractivity contribution in [2.24, 2.45) is 7.05 Å². The molecule has 1 aliphatic heterocycles. The van der Waals surface area contributed by atoms with Gasteiger partial charge in [0.25, 0.3) is 5.56 Å². The second kappa shape index (κ2) is 8.66.